The van der Waals surface area contributed by atoms with Gasteiger partial charge in [0.15, 0.2) is 17.6 Å². The Morgan fingerprint density at radius 3 is 2.18 bits per heavy atom. The van der Waals surface area contributed by atoms with Crippen LogP contribution in [0.15, 0.2) is 42.5 Å². The van der Waals surface area contributed by atoms with Crippen LogP contribution >= 0.6 is 11.6 Å². The van der Waals surface area contributed by atoms with Crippen molar-refractivity contribution in [3.05, 3.63) is 70.2 Å². The van der Waals surface area contributed by atoms with E-state index in [4.69, 9.17) is 16.9 Å². The number of benzene rings is 2. The van der Waals surface area contributed by atoms with Gasteiger partial charge in [0, 0.05) is 10.9 Å². The van der Waals surface area contributed by atoms with Gasteiger partial charge >= 0.3 is 5.97 Å². The van der Waals surface area contributed by atoms with E-state index in [-0.39, 0.29) is 5.56 Å². The van der Waals surface area contributed by atoms with Crippen molar-refractivity contribution in [1.82, 2.24) is 0 Å². The second kappa shape index (κ2) is 6.54. The van der Waals surface area contributed by atoms with Gasteiger partial charge in [-0.3, -0.25) is 4.79 Å². The van der Waals surface area contributed by atoms with E-state index in [0.717, 1.165) is 12.1 Å². The summed E-state index contributed by atoms with van der Waals surface area (Å²) >= 11 is 5.79. The van der Waals surface area contributed by atoms with E-state index in [0.29, 0.717) is 10.6 Å². The SMILES string of the molecule is N#C[C@@H](C(=O)O)[C@H](c1ccc(Cl)cc1)c1ccc(F)c(F)c1. The van der Waals surface area contributed by atoms with Crippen LogP contribution in [0, 0.1) is 28.9 Å². The number of nitriles is 1. The third-order valence-electron chi connectivity index (χ3n) is 3.27. The first kappa shape index (κ1) is 15.9. The maximum Gasteiger partial charge on any atom is 0.321 e. The first-order valence-corrected chi connectivity index (χ1v) is 6.64. The minimum atomic E-state index is -1.44. The molecule has 112 valence electrons. The molecule has 0 aliphatic heterocycles. The molecule has 1 N–H and O–H groups in total. The number of aliphatic carboxylic acids is 1. The fourth-order valence-electron chi connectivity index (χ4n) is 2.23. The fourth-order valence-corrected chi connectivity index (χ4v) is 2.35. The quantitative estimate of drug-likeness (QED) is 0.926. The number of carboxylic acids is 1. The highest BCUT2D eigenvalue weighted by molar-refractivity contribution is 6.30. The summed E-state index contributed by atoms with van der Waals surface area (Å²) in [6, 6.07) is 11.0. The topological polar surface area (TPSA) is 61.1 Å². The van der Waals surface area contributed by atoms with E-state index in [2.05, 4.69) is 0 Å². The summed E-state index contributed by atoms with van der Waals surface area (Å²) < 4.78 is 26.5. The minimum Gasteiger partial charge on any atom is -0.480 e. The molecular weight excluding hydrogens is 312 g/mol. The van der Waals surface area contributed by atoms with E-state index >= 15 is 0 Å². The lowest BCUT2D eigenvalue weighted by Gasteiger charge is -2.20. The average Bonchev–Trinajstić information content (AvgIpc) is 2.48. The highest BCUT2D eigenvalue weighted by atomic mass is 35.5. The summed E-state index contributed by atoms with van der Waals surface area (Å²) in [6.45, 7) is 0. The van der Waals surface area contributed by atoms with Crippen LogP contribution in [0.1, 0.15) is 17.0 Å². The molecule has 0 amide bonds. The first-order chi connectivity index (χ1) is 10.4. The Kier molecular flexibility index (Phi) is 4.74. The van der Waals surface area contributed by atoms with Crippen LogP contribution < -0.4 is 0 Å². The molecule has 0 bridgehead atoms. The van der Waals surface area contributed by atoms with Gasteiger partial charge in [-0.1, -0.05) is 29.8 Å². The van der Waals surface area contributed by atoms with Gasteiger partial charge in [0.25, 0.3) is 0 Å². The van der Waals surface area contributed by atoms with Crippen LogP contribution in [0.5, 0.6) is 0 Å². The minimum absolute atomic E-state index is 0.204. The van der Waals surface area contributed by atoms with Crippen LogP contribution in [0.3, 0.4) is 0 Å². The molecule has 0 spiro atoms. The molecule has 0 heterocycles. The van der Waals surface area contributed by atoms with Gasteiger partial charge in [-0.2, -0.15) is 5.26 Å². The predicted molar refractivity (Wildman–Crippen MR) is 76.4 cm³/mol. The van der Waals surface area contributed by atoms with Gasteiger partial charge in [0.1, 0.15) is 0 Å². The zero-order valence-corrected chi connectivity index (χ0v) is 11.9. The molecule has 0 saturated carbocycles. The fraction of sp³-hybridized carbons (Fsp3) is 0.125. The monoisotopic (exact) mass is 321 g/mol. The van der Waals surface area contributed by atoms with E-state index in [1.165, 1.54) is 6.07 Å². The summed E-state index contributed by atoms with van der Waals surface area (Å²) in [4.78, 5) is 11.3. The number of hydrogen-bond acceptors (Lipinski definition) is 2. The number of hydrogen-bond donors (Lipinski definition) is 1. The molecule has 2 atom stereocenters. The lowest BCUT2D eigenvalue weighted by Crippen LogP contribution is -2.21. The summed E-state index contributed by atoms with van der Waals surface area (Å²) in [5.41, 5.74) is 0.680. The smallest absolute Gasteiger partial charge is 0.321 e. The molecule has 0 aromatic heterocycles. The zero-order chi connectivity index (χ0) is 16.3. The molecule has 0 unspecified atom stereocenters. The van der Waals surface area contributed by atoms with Crippen molar-refractivity contribution in [3.63, 3.8) is 0 Å². The maximum absolute atomic E-state index is 13.5. The van der Waals surface area contributed by atoms with Crippen molar-refractivity contribution in [3.8, 4) is 6.07 Å². The Hall–Kier alpha value is -2.45. The second-order valence-electron chi connectivity index (χ2n) is 4.65. The lowest BCUT2D eigenvalue weighted by atomic mass is 9.81. The number of nitrogens with zero attached hydrogens (tertiary/aromatic N) is 1. The van der Waals surface area contributed by atoms with Crippen molar-refractivity contribution in [1.29, 1.82) is 5.26 Å². The van der Waals surface area contributed by atoms with Crippen molar-refractivity contribution < 1.29 is 18.7 Å². The van der Waals surface area contributed by atoms with Gasteiger partial charge < -0.3 is 5.11 Å². The average molecular weight is 322 g/mol. The Morgan fingerprint density at radius 1 is 1.09 bits per heavy atom. The van der Waals surface area contributed by atoms with Gasteiger partial charge in [0.2, 0.25) is 0 Å². The van der Waals surface area contributed by atoms with E-state index in [1.54, 1.807) is 30.3 Å². The van der Waals surface area contributed by atoms with Crippen LogP contribution in [0.4, 0.5) is 8.78 Å². The Balaban J connectivity index is 2.59. The Bertz CT molecular complexity index is 741. The van der Waals surface area contributed by atoms with Crippen LogP contribution in [-0.2, 0) is 4.79 Å². The van der Waals surface area contributed by atoms with E-state index in [1.807, 2.05) is 0 Å². The van der Waals surface area contributed by atoms with Gasteiger partial charge in [0.05, 0.1) is 6.07 Å². The summed E-state index contributed by atoms with van der Waals surface area (Å²) in [5.74, 6) is -5.85. The van der Waals surface area contributed by atoms with Crippen LogP contribution in [0.2, 0.25) is 5.02 Å². The summed E-state index contributed by atoms with van der Waals surface area (Å²) in [7, 11) is 0. The normalized spacial score (nSPS) is 13.2. The molecule has 0 saturated heterocycles. The van der Waals surface area contributed by atoms with Crippen molar-refractivity contribution in [2.24, 2.45) is 5.92 Å². The van der Waals surface area contributed by atoms with E-state index < -0.39 is 29.4 Å². The van der Waals surface area contributed by atoms with Crippen LogP contribution in [0.25, 0.3) is 0 Å². The molecule has 3 nitrogen and oxygen atoms in total. The summed E-state index contributed by atoms with van der Waals surface area (Å²) in [6.07, 6.45) is 0. The molecule has 22 heavy (non-hydrogen) atoms. The molecule has 2 aromatic rings. The lowest BCUT2D eigenvalue weighted by molar-refractivity contribution is -0.140. The number of carboxylic acid groups (broad SMARTS) is 1. The molecule has 0 aliphatic carbocycles. The standard InChI is InChI=1S/C16H10ClF2NO2/c17-11-4-1-9(2-5-11)15(12(8-20)16(21)22)10-3-6-13(18)14(19)7-10/h1-7,12,15H,(H,21,22)/t12-,15-/m1/s1. The number of rotatable bonds is 4. The second-order valence-corrected chi connectivity index (χ2v) is 5.08. The van der Waals surface area contributed by atoms with Gasteiger partial charge in [-0.05, 0) is 35.4 Å². The molecule has 0 fully saturated rings. The predicted octanol–water partition coefficient (Wildman–Crippen LogP) is 3.97. The van der Waals surface area contributed by atoms with Crippen molar-refractivity contribution >= 4 is 17.6 Å². The third kappa shape index (κ3) is 3.23. The molecule has 6 heteroatoms. The zero-order valence-electron chi connectivity index (χ0n) is 11.1. The Labute approximate surface area is 130 Å². The summed E-state index contributed by atoms with van der Waals surface area (Å²) in [5, 5.41) is 18.8. The highest BCUT2D eigenvalue weighted by Gasteiger charge is 2.31. The highest BCUT2D eigenvalue weighted by Crippen LogP contribution is 2.33. The van der Waals surface area contributed by atoms with Crippen molar-refractivity contribution in [2.75, 3.05) is 0 Å². The van der Waals surface area contributed by atoms with E-state index in [9.17, 15) is 18.7 Å². The first-order valence-electron chi connectivity index (χ1n) is 6.27. The molecular formula is C16H10ClF2NO2. The van der Waals surface area contributed by atoms with Gasteiger partial charge in [-0.25, -0.2) is 8.78 Å². The largest absolute Gasteiger partial charge is 0.480 e. The molecule has 2 aromatic carbocycles. The van der Waals surface area contributed by atoms with Crippen LogP contribution in [-0.4, -0.2) is 11.1 Å². The molecule has 0 radical (unpaired) electrons. The molecule has 2 rings (SSSR count). The van der Waals surface area contributed by atoms with Crippen molar-refractivity contribution in [2.45, 2.75) is 5.92 Å². The van der Waals surface area contributed by atoms with Gasteiger partial charge in [-0.15, -0.1) is 0 Å². The number of carbonyl (C=O) groups is 1. The Morgan fingerprint density at radius 2 is 1.68 bits per heavy atom. The molecule has 0 aliphatic rings. The maximum atomic E-state index is 13.5. The third-order valence-corrected chi connectivity index (χ3v) is 3.52. The number of halogens is 3.